The molecule has 5 heteroatoms. The van der Waals surface area contributed by atoms with Crippen LogP contribution in [0.3, 0.4) is 0 Å². The molecule has 0 atom stereocenters. The second kappa shape index (κ2) is 5.02. The van der Waals surface area contributed by atoms with Gasteiger partial charge in [-0.2, -0.15) is 0 Å². The van der Waals surface area contributed by atoms with Gasteiger partial charge in [-0.1, -0.05) is 17.3 Å². The average Bonchev–Trinajstić information content (AvgIpc) is 3.29. The van der Waals surface area contributed by atoms with Crippen LogP contribution in [0.15, 0.2) is 36.7 Å². The molecular weight excluding hydrogens is 276 g/mol. The van der Waals surface area contributed by atoms with Crippen LogP contribution in [0.1, 0.15) is 18.5 Å². The van der Waals surface area contributed by atoms with E-state index in [9.17, 15) is 4.79 Å². The molecule has 2 aromatic heterocycles. The highest BCUT2D eigenvalue weighted by Crippen LogP contribution is 2.31. The standard InChI is InChI=1S/C17H16N4O/c1-21-16(10-19-20-21)12-4-5-13-9-18-15(7-14(13)6-12)8-17(22)11-2-3-11/h4-7,9-11H,2-3,8H2,1H3. The van der Waals surface area contributed by atoms with Crippen molar-refractivity contribution < 1.29 is 4.79 Å². The first kappa shape index (κ1) is 13.1. The summed E-state index contributed by atoms with van der Waals surface area (Å²) in [5.74, 6) is 0.600. The SMILES string of the molecule is Cn1nncc1-c1ccc2cnc(CC(=O)C3CC3)cc2c1. The highest BCUT2D eigenvalue weighted by Gasteiger charge is 2.29. The minimum absolute atomic E-state index is 0.282. The minimum atomic E-state index is 0.282. The third kappa shape index (κ3) is 2.39. The molecule has 1 fully saturated rings. The molecule has 0 bridgehead atoms. The summed E-state index contributed by atoms with van der Waals surface area (Å²) >= 11 is 0. The Morgan fingerprint density at radius 1 is 1.23 bits per heavy atom. The van der Waals surface area contributed by atoms with Crippen LogP contribution in [0.2, 0.25) is 0 Å². The van der Waals surface area contributed by atoms with Gasteiger partial charge in [0.05, 0.1) is 11.9 Å². The first-order chi connectivity index (χ1) is 10.7. The zero-order chi connectivity index (χ0) is 15.1. The normalized spacial score (nSPS) is 14.4. The molecule has 110 valence electrons. The maximum Gasteiger partial charge on any atom is 0.141 e. The van der Waals surface area contributed by atoms with Crippen molar-refractivity contribution >= 4 is 16.6 Å². The van der Waals surface area contributed by atoms with Gasteiger partial charge in [0.2, 0.25) is 0 Å². The van der Waals surface area contributed by atoms with E-state index in [1.165, 1.54) is 0 Å². The number of carbonyl (C=O) groups excluding carboxylic acids is 1. The number of benzene rings is 1. The van der Waals surface area contributed by atoms with Gasteiger partial charge in [-0.3, -0.25) is 9.78 Å². The lowest BCUT2D eigenvalue weighted by molar-refractivity contribution is -0.119. The number of hydrogen-bond acceptors (Lipinski definition) is 4. The van der Waals surface area contributed by atoms with Crippen molar-refractivity contribution in [3.8, 4) is 11.3 Å². The van der Waals surface area contributed by atoms with Crippen molar-refractivity contribution in [2.24, 2.45) is 13.0 Å². The molecule has 3 aromatic rings. The van der Waals surface area contributed by atoms with E-state index in [0.29, 0.717) is 12.2 Å². The summed E-state index contributed by atoms with van der Waals surface area (Å²) < 4.78 is 1.75. The fourth-order valence-corrected chi connectivity index (χ4v) is 2.72. The van der Waals surface area contributed by atoms with Gasteiger partial charge in [0, 0.05) is 42.2 Å². The van der Waals surface area contributed by atoms with E-state index in [2.05, 4.69) is 21.4 Å². The Balaban J connectivity index is 1.71. The van der Waals surface area contributed by atoms with Gasteiger partial charge in [0.15, 0.2) is 0 Å². The maximum atomic E-state index is 11.9. The van der Waals surface area contributed by atoms with Crippen molar-refractivity contribution in [2.45, 2.75) is 19.3 Å². The Bertz CT molecular complexity index is 864. The average molecular weight is 292 g/mol. The van der Waals surface area contributed by atoms with E-state index < -0.39 is 0 Å². The predicted molar refractivity (Wildman–Crippen MR) is 83.2 cm³/mol. The fraction of sp³-hybridized carbons (Fsp3) is 0.294. The quantitative estimate of drug-likeness (QED) is 0.741. The summed E-state index contributed by atoms with van der Waals surface area (Å²) in [6.07, 6.45) is 6.13. The van der Waals surface area contributed by atoms with Crippen LogP contribution in [-0.2, 0) is 18.3 Å². The number of rotatable bonds is 4. The van der Waals surface area contributed by atoms with Crippen molar-refractivity contribution in [3.63, 3.8) is 0 Å². The first-order valence-corrected chi connectivity index (χ1v) is 7.47. The van der Waals surface area contributed by atoms with Gasteiger partial charge < -0.3 is 0 Å². The summed E-state index contributed by atoms with van der Waals surface area (Å²) in [6.45, 7) is 0. The van der Waals surface area contributed by atoms with Gasteiger partial charge >= 0.3 is 0 Å². The number of Topliss-reactive ketones (excluding diaryl/α,β-unsaturated/α-hetero) is 1. The van der Waals surface area contributed by atoms with Crippen LogP contribution in [0.25, 0.3) is 22.0 Å². The van der Waals surface area contributed by atoms with Gasteiger partial charge in [0.25, 0.3) is 0 Å². The number of pyridine rings is 1. The predicted octanol–water partition coefficient (Wildman–Crippen LogP) is 2.55. The Hall–Kier alpha value is -2.56. The smallest absolute Gasteiger partial charge is 0.141 e. The van der Waals surface area contributed by atoms with E-state index >= 15 is 0 Å². The summed E-state index contributed by atoms with van der Waals surface area (Å²) in [5, 5.41) is 10.0. The highest BCUT2D eigenvalue weighted by atomic mass is 16.1. The van der Waals surface area contributed by atoms with Crippen LogP contribution < -0.4 is 0 Å². The molecule has 1 aromatic carbocycles. The molecule has 0 N–H and O–H groups in total. The van der Waals surface area contributed by atoms with E-state index in [-0.39, 0.29) is 5.92 Å². The number of ketones is 1. The van der Waals surface area contributed by atoms with E-state index in [0.717, 1.165) is 40.6 Å². The van der Waals surface area contributed by atoms with Crippen LogP contribution in [0.4, 0.5) is 0 Å². The maximum absolute atomic E-state index is 11.9. The van der Waals surface area contributed by atoms with Crippen LogP contribution >= 0.6 is 0 Å². The molecule has 0 aliphatic heterocycles. The number of fused-ring (bicyclic) bond motifs is 1. The van der Waals surface area contributed by atoms with Gasteiger partial charge in [-0.05, 0) is 30.4 Å². The molecular formula is C17H16N4O. The lowest BCUT2D eigenvalue weighted by atomic mass is 10.0. The van der Waals surface area contributed by atoms with Gasteiger partial charge in [-0.25, -0.2) is 4.68 Å². The summed E-state index contributed by atoms with van der Waals surface area (Å²) in [7, 11) is 1.87. The molecule has 0 radical (unpaired) electrons. The van der Waals surface area contributed by atoms with Gasteiger partial charge in [-0.15, -0.1) is 5.10 Å². The molecule has 0 unspecified atom stereocenters. The van der Waals surface area contributed by atoms with Crippen LogP contribution in [0.5, 0.6) is 0 Å². The van der Waals surface area contributed by atoms with E-state index in [1.807, 2.05) is 31.4 Å². The van der Waals surface area contributed by atoms with Crippen molar-refractivity contribution in [2.75, 3.05) is 0 Å². The Labute approximate surface area is 128 Å². The first-order valence-electron chi connectivity index (χ1n) is 7.47. The van der Waals surface area contributed by atoms with Crippen molar-refractivity contribution in [3.05, 3.63) is 42.4 Å². The third-order valence-corrected chi connectivity index (χ3v) is 4.18. The molecule has 1 aliphatic carbocycles. The highest BCUT2D eigenvalue weighted by molar-refractivity contribution is 5.89. The molecule has 22 heavy (non-hydrogen) atoms. The monoisotopic (exact) mass is 292 g/mol. The lowest BCUT2D eigenvalue weighted by Gasteiger charge is -2.05. The Kier molecular flexibility index (Phi) is 2.99. The number of aryl methyl sites for hydroxylation is 1. The molecule has 1 saturated carbocycles. The van der Waals surface area contributed by atoms with Crippen molar-refractivity contribution in [1.29, 1.82) is 0 Å². The zero-order valence-electron chi connectivity index (χ0n) is 12.4. The van der Waals surface area contributed by atoms with Crippen LogP contribution in [0, 0.1) is 5.92 Å². The largest absolute Gasteiger partial charge is 0.299 e. The Morgan fingerprint density at radius 2 is 2.09 bits per heavy atom. The van der Waals surface area contributed by atoms with Crippen LogP contribution in [-0.4, -0.2) is 25.8 Å². The fourth-order valence-electron chi connectivity index (χ4n) is 2.72. The minimum Gasteiger partial charge on any atom is -0.299 e. The second-order valence-corrected chi connectivity index (χ2v) is 5.90. The van der Waals surface area contributed by atoms with E-state index in [4.69, 9.17) is 0 Å². The van der Waals surface area contributed by atoms with Crippen molar-refractivity contribution in [1.82, 2.24) is 20.0 Å². The molecule has 4 rings (SSSR count). The summed E-state index contributed by atoms with van der Waals surface area (Å²) in [4.78, 5) is 16.4. The number of carbonyl (C=O) groups is 1. The summed E-state index contributed by atoms with van der Waals surface area (Å²) in [6, 6.07) is 8.19. The molecule has 0 amide bonds. The third-order valence-electron chi connectivity index (χ3n) is 4.18. The molecule has 0 spiro atoms. The Morgan fingerprint density at radius 3 is 2.82 bits per heavy atom. The second-order valence-electron chi connectivity index (χ2n) is 5.90. The van der Waals surface area contributed by atoms with E-state index in [1.54, 1.807) is 10.9 Å². The van der Waals surface area contributed by atoms with Gasteiger partial charge in [0.1, 0.15) is 5.78 Å². The number of aromatic nitrogens is 4. The molecule has 1 aliphatic rings. The molecule has 2 heterocycles. The lowest BCUT2D eigenvalue weighted by Crippen LogP contribution is -2.06. The molecule has 0 saturated heterocycles. The summed E-state index contributed by atoms with van der Waals surface area (Å²) in [5.41, 5.74) is 2.88. The molecule has 5 nitrogen and oxygen atoms in total. The topological polar surface area (TPSA) is 60.7 Å². The number of nitrogens with zero attached hydrogens (tertiary/aromatic N) is 4. The zero-order valence-corrected chi connectivity index (χ0v) is 12.4. The number of hydrogen-bond donors (Lipinski definition) is 0.